The third-order valence-electron chi connectivity index (χ3n) is 2.80. The molecule has 0 fully saturated rings. The van der Waals surface area contributed by atoms with Crippen LogP contribution in [0.1, 0.15) is 11.4 Å². The van der Waals surface area contributed by atoms with Gasteiger partial charge < -0.3 is 4.98 Å². The van der Waals surface area contributed by atoms with E-state index >= 15 is 0 Å². The Bertz CT molecular complexity index is 658. The number of pyridine rings is 2. The quantitative estimate of drug-likeness (QED) is 0.861. The molecule has 1 N–H and O–H groups in total. The lowest BCUT2D eigenvalue weighted by molar-refractivity contribution is 0.605. The number of hydrogen-bond donors (Lipinski definition) is 1. The van der Waals surface area contributed by atoms with Crippen LogP contribution in [0, 0.1) is 12.7 Å². The van der Waals surface area contributed by atoms with Crippen molar-refractivity contribution in [2.45, 2.75) is 23.1 Å². The van der Waals surface area contributed by atoms with Gasteiger partial charge in [-0.15, -0.1) is 23.5 Å². The normalized spacial score (nSPS) is 10.8. The fourth-order valence-electron chi connectivity index (χ4n) is 1.65. The van der Waals surface area contributed by atoms with Crippen molar-refractivity contribution in [1.29, 1.82) is 0 Å². The number of hydrogen-bond acceptors (Lipinski definition) is 4. The van der Waals surface area contributed by atoms with Gasteiger partial charge in [0, 0.05) is 34.8 Å². The maximum Gasteiger partial charge on any atom is 0.195 e. The average molecular weight is 310 g/mol. The monoisotopic (exact) mass is 310 g/mol. The summed E-state index contributed by atoms with van der Waals surface area (Å²) in [5.41, 5.74) is 1.34. The molecule has 2 rings (SSSR count). The van der Waals surface area contributed by atoms with E-state index in [1.165, 1.54) is 29.6 Å². The first-order chi connectivity index (χ1) is 9.60. The van der Waals surface area contributed by atoms with E-state index in [9.17, 15) is 9.18 Å². The number of aromatic nitrogens is 2. The van der Waals surface area contributed by atoms with Gasteiger partial charge in [0.1, 0.15) is 5.82 Å². The van der Waals surface area contributed by atoms with Gasteiger partial charge in [-0.1, -0.05) is 0 Å². The number of aryl methyl sites for hydroxylation is 2. The van der Waals surface area contributed by atoms with E-state index in [0.717, 1.165) is 22.8 Å². The van der Waals surface area contributed by atoms with Crippen molar-refractivity contribution in [3.05, 3.63) is 52.0 Å². The number of thioether (sulfide) groups is 2. The largest absolute Gasteiger partial charge is 0.364 e. The number of aromatic amines is 1. The van der Waals surface area contributed by atoms with Crippen LogP contribution in [-0.2, 0) is 6.42 Å². The van der Waals surface area contributed by atoms with Gasteiger partial charge in [0.15, 0.2) is 5.43 Å². The molecule has 0 unspecified atom stereocenters. The molecule has 3 nitrogen and oxygen atoms in total. The van der Waals surface area contributed by atoms with Gasteiger partial charge in [-0.05, 0) is 25.7 Å². The van der Waals surface area contributed by atoms with Crippen LogP contribution in [0.5, 0.6) is 0 Å². The summed E-state index contributed by atoms with van der Waals surface area (Å²) in [4.78, 5) is 20.3. The van der Waals surface area contributed by atoms with Crippen LogP contribution >= 0.6 is 23.5 Å². The SMILES string of the molecule is CSc1c[nH]c(CCSc2cnc(C)c(F)c2)cc1=O. The van der Waals surface area contributed by atoms with Gasteiger partial charge in [0.2, 0.25) is 0 Å². The topological polar surface area (TPSA) is 45.8 Å². The Morgan fingerprint density at radius 2 is 2.20 bits per heavy atom. The lowest BCUT2D eigenvalue weighted by Crippen LogP contribution is -2.06. The fourth-order valence-corrected chi connectivity index (χ4v) is 2.96. The van der Waals surface area contributed by atoms with Gasteiger partial charge in [0.25, 0.3) is 0 Å². The van der Waals surface area contributed by atoms with Crippen molar-refractivity contribution in [2.24, 2.45) is 0 Å². The lowest BCUT2D eigenvalue weighted by atomic mass is 10.3. The average Bonchev–Trinajstić information content (AvgIpc) is 2.43. The van der Waals surface area contributed by atoms with E-state index in [-0.39, 0.29) is 11.2 Å². The number of nitrogens with one attached hydrogen (secondary N) is 1. The molecule has 106 valence electrons. The second kappa shape index (κ2) is 6.95. The van der Waals surface area contributed by atoms with Gasteiger partial charge in [-0.2, -0.15) is 0 Å². The second-order valence-electron chi connectivity index (χ2n) is 4.23. The predicted molar refractivity (Wildman–Crippen MR) is 82.2 cm³/mol. The lowest BCUT2D eigenvalue weighted by Gasteiger charge is -2.04. The van der Waals surface area contributed by atoms with Gasteiger partial charge in [-0.3, -0.25) is 9.78 Å². The Kier molecular flexibility index (Phi) is 5.25. The summed E-state index contributed by atoms with van der Waals surface area (Å²) in [5, 5.41) is 0. The molecule has 0 aliphatic carbocycles. The summed E-state index contributed by atoms with van der Waals surface area (Å²) < 4.78 is 13.3. The molecule has 20 heavy (non-hydrogen) atoms. The van der Waals surface area contributed by atoms with Crippen molar-refractivity contribution in [1.82, 2.24) is 9.97 Å². The van der Waals surface area contributed by atoms with E-state index in [1.807, 2.05) is 6.26 Å². The highest BCUT2D eigenvalue weighted by molar-refractivity contribution is 7.99. The van der Waals surface area contributed by atoms with Gasteiger partial charge in [0.05, 0.1) is 10.6 Å². The van der Waals surface area contributed by atoms with E-state index in [4.69, 9.17) is 0 Å². The van der Waals surface area contributed by atoms with E-state index in [0.29, 0.717) is 10.6 Å². The van der Waals surface area contributed by atoms with Crippen LogP contribution in [0.2, 0.25) is 0 Å². The molecule has 2 aromatic heterocycles. The summed E-state index contributed by atoms with van der Waals surface area (Å²) in [7, 11) is 0. The first-order valence-electron chi connectivity index (χ1n) is 6.10. The van der Waals surface area contributed by atoms with Crippen LogP contribution < -0.4 is 5.43 Å². The first-order valence-corrected chi connectivity index (χ1v) is 8.31. The maximum atomic E-state index is 13.3. The second-order valence-corrected chi connectivity index (χ2v) is 6.24. The smallest absolute Gasteiger partial charge is 0.195 e. The molecular formula is C14H15FN2OS2. The van der Waals surface area contributed by atoms with Crippen molar-refractivity contribution >= 4 is 23.5 Å². The summed E-state index contributed by atoms with van der Waals surface area (Å²) in [5.74, 6) is 0.478. The molecule has 0 bridgehead atoms. The summed E-state index contributed by atoms with van der Waals surface area (Å²) in [6, 6.07) is 3.12. The van der Waals surface area contributed by atoms with Crippen LogP contribution in [0.25, 0.3) is 0 Å². The van der Waals surface area contributed by atoms with Crippen molar-refractivity contribution in [3.8, 4) is 0 Å². The summed E-state index contributed by atoms with van der Waals surface area (Å²) >= 11 is 2.95. The molecular weight excluding hydrogens is 295 g/mol. The van der Waals surface area contributed by atoms with E-state index in [2.05, 4.69) is 9.97 Å². The molecule has 0 aromatic carbocycles. The molecule has 0 radical (unpaired) electrons. The third-order valence-corrected chi connectivity index (χ3v) is 4.52. The zero-order valence-corrected chi connectivity index (χ0v) is 12.9. The zero-order valence-electron chi connectivity index (χ0n) is 11.3. The number of halogens is 1. The number of rotatable bonds is 5. The molecule has 0 spiro atoms. The highest BCUT2D eigenvalue weighted by Crippen LogP contribution is 2.19. The number of nitrogens with zero attached hydrogens (tertiary/aromatic N) is 1. The molecule has 2 heterocycles. The van der Waals surface area contributed by atoms with Crippen molar-refractivity contribution in [2.75, 3.05) is 12.0 Å². The molecule has 6 heteroatoms. The fraction of sp³-hybridized carbons (Fsp3) is 0.286. The van der Waals surface area contributed by atoms with E-state index in [1.54, 1.807) is 25.4 Å². The molecule has 2 aromatic rings. The van der Waals surface area contributed by atoms with Crippen LogP contribution in [-0.4, -0.2) is 22.0 Å². The minimum Gasteiger partial charge on any atom is -0.364 e. The first kappa shape index (κ1) is 15.1. The van der Waals surface area contributed by atoms with Crippen molar-refractivity contribution < 1.29 is 4.39 Å². The van der Waals surface area contributed by atoms with Crippen LogP contribution in [0.4, 0.5) is 4.39 Å². The van der Waals surface area contributed by atoms with Gasteiger partial charge >= 0.3 is 0 Å². The molecule has 0 aliphatic heterocycles. The molecule has 0 saturated heterocycles. The summed E-state index contributed by atoms with van der Waals surface area (Å²) in [6.07, 6.45) is 6.01. The Morgan fingerprint density at radius 1 is 1.40 bits per heavy atom. The zero-order chi connectivity index (χ0) is 14.5. The maximum absolute atomic E-state index is 13.3. The summed E-state index contributed by atoms with van der Waals surface area (Å²) in [6.45, 7) is 1.64. The van der Waals surface area contributed by atoms with Gasteiger partial charge in [-0.25, -0.2) is 4.39 Å². The van der Waals surface area contributed by atoms with E-state index < -0.39 is 0 Å². The third kappa shape index (κ3) is 3.86. The standard InChI is InChI=1S/C14H15FN2OS2/c1-9-12(15)6-11(7-16-9)20-4-3-10-5-13(18)14(19-2)8-17-10/h5-8H,3-4H2,1-2H3,(H,17,18). The molecule has 0 aliphatic rings. The Balaban J connectivity index is 1.94. The highest BCUT2D eigenvalue weighted by atomic mass is 32.2. The molecule has 0 saturated carbocycles. The van der Waals surface area contributed by atoms with Crippen LogP contribution in [0.3, 0.4) is 0 Å². The predicted octanol–water partition coefficient (Wildman–Crippen LogP) is 3.27. The minimum absolute atomic E-state index is 0.0410. The number of H-pyrrole nitrogens is 1. The van der Waals surface area contributed by atoms with Crippen molar-refractivity contribution in [3.63, 3.8) is 0 Å². The highest BCUT2D eigenvalue weighted by Gasteiger charge is 2.03. The Morgan fingerprint density at radius 3 is 2.85 bits per heavy atom. The minimum atomic E-state index is -0.285. The Hall–Kier alpha value is -1.27. The molecule has 0 amide bonds. The molecule has 0 atom stereocenters. The Labute approximate surface area is 125 Å². The van der Waals surface area contributed by atoms with Crippen LogP contribution in [0.15, 0.2) is 39.1 Å².